The molecule has 1 nitrogen and oxygen atoms in total. The summed E-state index contributed by atoms with van der Waals surface area (Å²) < 4.78 is 0. The van der Waals surface area contributed by atoms with Crippen LogP contribution in [0.25, 0.3) is 0 Å². The molecule has 0 aliphatic carbocycles. The van der Waals surface area contributed by atoms with Crippen LogP contribution in [0.4, 0.5) is 5.69 Å². The molecule has 0 bridgehead atoms. The van der Waals surface area contributed by atoms with Crippen LogP contribution < -0.4 is 0 Å². The van der Waals surface area contributed by atoms with Crippen LogP contribution in [0.5, 0.6) is 0 Å². The third-order valence-electron chi connectivity index (χ3n) is 2.89. The molecule has 0 radical (unpaired) electrons. The molecule has 3 rings (SSSR count). The summed E-state index contributed by atoms with van der Waals surface area (Å²) >= 11 is 12.2. The van der Waals surface area contributed by atoms with Gasteiger partial charge in [0, 0.05) is 17.0 Å². The molecule has 0 atom stereocenters. The fourth-order valence-corrected chi connectivity index (χ4v) is 2.48. The summed E-state index contributed by atoms with van der Waals surface area (Å²) in [4.78, 5) is 4.44. The van der Waals surface area contributed by atoms with Gasteiger partial charge in [0.15, 0.2) is 0 Å². The zero-order valence-electron chi connectivity index (χ0n) is 8.95. The largest absolute Gasteiger partial charge is 0.236 e. The van der Waals surface area contributed by atoms with Gasteiger partial charge in [0.1, 0.15) is 5.17 Å². The number of benzene rings is 2. The molecule has 0 unspecified atom stereocenters. The Bertz CT molecular complexity index is 617. The van der Waals surface area contributed by atoms with Gasteiger partial charge in [0.25, 0.3) is 0 Å². The van der Waals surface area contributed by atoms with Crippen LogP contribution in [0.3, 0.4) is 0 Å². The first-order valence-corrected chi connectivity index (χ1v) is 6.10. The number of rotatable bonds is 0. The zero-order chi connectivity index (χ0) is 11.8. The highest BCUT2D eigenvalue weighted by molar-refractivity contribution is 6.70. The molecule has 3 heteroatoms. The maximum Gasteiger partial charge on any atom is 0.137 e. The molecule has 0 saturated carbocycles. The summed E-state index contributed by atoms with van der Waals surface area (Å²) in [5.41, 5.74) is 4.21. The van der Waals surface area contributed by atoms with E-state index in [1.54, 1.807) is 0 Å². The number of hydrogen-bond acceptors (Lipinski definition) is 1. The third-order valence-corrected chi connectivity index (χ3v) is 3.41. The van der Waals surface area contributed by atoms with Gasteiger partial charge in [-0.25, -0.2) is 4.99 Å². The van der Waals surface area contributed by atoms with Crippen LogP contribution in [0.15, 0.2) is 47.5 Å². The van der Waals surface area contributed by atoms with E-state index in [4.69, 9.17) is 23.2 Å². The van der Waals surface area contributed by atoms with Crippen LogP contribution in [0.2, 0.25) is 5.02 Å². The predicted octanol–water partition coefficient (Wildman–Crippen LogP) is 4.56. The van der Waals surface area contributed by atoms with E-state index in [1.165, 1.54) is 5.56 Å². The van der Waals surface area contributed by atoms with Crippen molar-refractivity contribution in [3.05, 3.63) is 64.2 Å². The van der Waals surface area contributed by atoms with Crippen LogP contribution >= 0.6 is 23.2 Å². The van der Waals surface area contributed by atoms with Gasteiger partial charge < -0.3 is 0 Å². The van der Waals surface area contributed by atoms with E-state index < -0.39 is 0 Å². The molecule has 0 N–H and O–H groups in total. The van der Waals surface area contributed by atoms with E-state index in [-0.39, 0.29) is 0 Å². The van der Waals surface area contributed by atoms with Crippen LogP contribution in [0, 0.1) is 0 Å². The Labute approximate surface area is 110 Å². The molecular weight excluding hydrogens is 253 g/mol. The summed E-state index contributed by atoms with van der Waals surface area (Å²) in [6.07, 6.45) is 0.836. The highest BCUT2D eigenvalue weighted by Crippen LogP contribution is 2.31. The first-order valence-electron chi connectivity index (χ1n) is 5.35. The van der Waals surface area contributed by atoms with E-state index in [0.29, 0.717) is 10.2 Å². The summed E-state index contributed by atoms with van der Waals surface area (Å²) in [5, 5.41) is 1.21. The number of fused-ring (bicyclic) bond motifs is 2. The number of nitrogens with zero attached hydrogens (tertiary/aromatic N) is 1. The molecule has 0 amide bonds. The normalized spacial score (nSPS) is 13.4. The molecule has 2 aromatic carbocycles. The molecule has 1 aliphatic heterocycles. The first-order chi connectivity index (χ1) is 8.24. The average Bonchev–Trinajstić information content (AvgIpc) is 2.46. The van der Waals surface area contributed by atoms with Crippen LogP contribution in [-0.2, 0) is 6.42 Å². The number of hydrogen-bond donors (Lipinski definition) is 0. The first kappa shape index (κ1) is 10.8. The predicted molar refractivity (Wildman–Crippen MR) is 72.8 cm³/mol. The highest BCUT2D eigenvalue weighted by Gasteiger charge is 2.14. The van der Waals surface area contributed by atoms with E-state index in [2.05, 4.69) is 11.1 Å². The topological polar surface area (TPSA) is 12.4 Å². The quantitative estimate of drug-likeness (QED) is 0.659. The Morgan fingerprint density at radius 1 is 0.941 bits per heavy atom. The molecular formula is C14H9Cl2N. The lowest BCUT2D eigenvalue weighted by atomic mass is 10.0. The van der Waals surface area contributed by atoms with Gasteiger partial charge in [-0.1, -0.05) is 53.5 Å². The van der Waals surface area contributed by atoms with Crippen molar-refractivity contribution in [3.8, 4) is 0 Å². The Morgan fingerprint density at radius 2 is 1.76 bits per heavy atom. The monoisotopic (exact) mass is 261 g/mol. The standard InChI is InChI=1S/C14H9Cl2N/c15-11-6-5-10-7-9-3-1-2-4-12(9)14(16)17-13(10)8-11/h1-6,8H,7H2. The summed E-state index contributed by atoms with van der Waals surface area (Å²) in [7, 11) is 0. The summed E-state index contributed by atoms with van der Waals surface area (Å²) in [6.45, 7) is 0. The average molecular weight is 262 g/mol. The van der Waals surface area contributed by atoms with Gasteiger partial charge >= 0.3 is 0 Å². The molecule has 1 heterocycles. The molecule has 0 saturated heterocycles. The van der Waals surface area contributed by atoms with Crippen molar-refractivity contribution in [2.45, 2.75) is 6.42 Å². The maximum atomic E-state index is 6.24. The summed E-state index contributed by atoms with van der Waals surface area (Å²) in [6, 6.07) is 13.8. The second kappa shape index (κ2) is 4.17. The van der Waals surface area contributed by atoms with Crippen molar-refractivity contribution < 1.29 is 0 Å². The lowest BCUT2D eigenvalue weighted by Crippen LogP contribution is -1.95. The third kappa shape index (κ3) is 1.97. The van der Waals surface area contributed by atoms with Crippen LogP contribution in [0.1, 0.15) is 16.7 Å². The van der Waals surface area contributed by atoms with Crippen molar-refractivity contribution in [1.29, 1.82) is 0 Å². The lowest BCUT2D eigenvalue weighted by Gasteiger charge is -2.04. The molecule has 17 heavy (non-hydrogen) atoms. The molecule has 84 valence electrons. The lowest BCUT2D eigenvalue weighted by molar-refractivity contribution is 1.19. The molecule has 2 aromatic rings. The fraction of sp³-hybridized carbons (Fsp3) is 0.0714. The highest BCUT2D eigenvalue weighted by atomic mass is 35.5. The van der Waals surface area contributed by atoms with Crippen molar-refractivity contribution in [2.75, 3.05) is 0 Å². The molecule has 0 fully saturated rings. The van der Waals surface area contributed by atoms with Gasteiger partial charge in [-0.2, -0.15) is 0 Å². The van der Waals surface area contributed by atoms with E-state index in [1.807, 2.05) is 36.4 Å². The Balaban J connectivity index is 2.24. The molecule has 1 aliphatic rings. The molecule has 0 spiro atoms. The maximum absolute atomic E-state index is 6.24. The van der Waals surface area contributed by atoms with E-state index in [9.17, 15) is 0 Å². The summed E-state index contributed by atoms with van der Waals surface area (Å²) in [5.74, 6) is 0. The SMILES string of the molecule is ClC1=Nc2cc(Cl)ccc2Cc2ccccc21. The number of halogens is 2. The van der Waals surface area contributed by atoms with Crippen molar-refractivity contribution in [1.82, 2.24) is 0 Å². The van der Waals surface area contributed by atoms with Gasteiger partial charge in [-0.3, -0.25) is 0 Å². The van der Waals surface area contributed by atoms with Gasteiger partial charge in [0.05, 0.1) is 5.69 Å². The number of aliphatic imine (C=N–C) groups is 1. The Morgan fingerprint density at radius 3 is 2.65 bits per heavy atom. The van der Waals surface area contributed by atoms with Crippen LogP contribution in [-0.4, -0.2) is 5.17 Å². The Hall–Kier alpha value is -1.31. The van der Waals surface area contributed by atoms with Crippen molar-refractivity contribution in [2.24, 2.45) is 4.99 Å². The van der Waals surface area contributed by atoms with Gasteiger partial charge in [-0.15, -0.1) is 0 Å². The second-order valence-electron chi connectivity index (χ2n) is 4.01. The van der Waals surface area contributed by atoms with E-state index >= 15 is 0 Å². The minimum atomic E-state index is 0.529. The van der Waals surface area contributed by atoms with Crippen molar-refractivity contribution in [3.63, 3.8) is 0 Å². The van der Waals surface area contributed by atoms with Gasteiger partial charge in [0.2, 0.25) is 0 Å². The zero-order valence-corrected chi connectivity index (χ0v) is 10.5. The fourth-order valence-electron chi connectivity index (χ4n) is 2.04. The minimum absolute atomic E-state index is 0.529. The minimum Gasteiger partial charge on any atom is -0.236 e. The van der Waals surface area contributed by atoms with Gasteiger partial charge in [-0.05, 0) is 23.3 Å². The van der Waals surface area contributed by atoms with E-state index in [0.717, 1.165) is 23.2 Å². The second-order valence-corrected chi connectivity index (χ2v) is 4.80. The Kier molecular flexibility index (Phi) is 2.65. The smallest absolute Gasteiger partial charge is 0.137 e. The molecule has 0 aromatic heterocycles. The van der Waals surface area contributed by atoms with Crippen molar-refractivity contribution >= 4 is 34.1 Å².